The number of nitrogens with one attached hydrogen (secondary N) is 1. The summed E-state index contributed by atoms with van der Waals surface area (Å²) in [6.45, 7) is 0.610. The lowest BCUT2D eigenvalue weighted by Gasteiger charge is -2.29. The molecule has 0 spiro atoms. The summed E-state index contributed by atoms with van der Waals surface area (Å²) in [6, 6.07) is 13.7. The largest absolute Gasteiger partial charge is 0.497 e. The molecule has 28 heavy (non-hydrogen) atoms. The summed E-state index contributed by atoms with van der Waals surface area (Å²) in [5, 5.41) is 3.15. The summed E-state index contributed by atoms with van der Waals surface area (Å²) >= 11 is 0. The van der Waals surface area contributed by atoms with Crippen molar-refractivity contribution in [3.8, 4) is 17.2 Å². The second-order valence-corrected chi connectivity index (χ2v) is 7.08. The van der Waals surface area contributed by atoms with E-state index in [9.17, 15) is 0 Å². The van der Waals surface area contributed by atoms with Crippen LogP contribution in [0.1, 0.15) is 31.2 Å². The zero-order valence-electron chi connectivity index (χ0n) is 16.8. The molecule has 0 amide bonds. The van der Waals surface area contributed by atoms with Crippen molar-refractivity contribution in [1.29, 1.82) is 0 Å². The Morgan fingerprint density at radius 1 is 1.00 bits per heavy atom. The number of nitrogens with two attached hydrogens (primary N) is 1. The molecule has 1 aliphatic carbocycles. The predicted molar refractivity (Wildman–Crippen MR) is 113 cm³/mol. The Balaban J connectivity index is 1.83. The van der Waals surface area contributed by atoms with Crippen LogP contribution >= 0.6 is 0 Å². The van der Waals surface area contributed by atoms with Gasteiger partial charge in [-0.2, -0.15) is 0 Å². The molecule has 0 unspecified atom stereocenters. The van der Waals surface area contributed by atoms with Gasteiger partial charge in [0.1, 0.15) is 17.2 Å². The first kappa shape index (κ1) is 19.9. The number of anilines is 1. The van der Waals surface area contributed by atoms with E-state index in [1.807, 2.05) is 30.3 Å². The predicted octanol–water partition coefficient (Wildman–Crippen LogP) is 3.95. The lowest BCUT2D eigenvalue weighted by molar-refractivity contribution is 0.378. The SMILES string of the molecule is COc1ccc(OC)c(NC(N)=NCC2(c3ccccc3OC)CCCC2)c1. The molecule has 0 aliphatic heterocycles. The molecular weight excluding hydrogens is 354 g/mol. The van der Waals surface area contributed by atoms with Crippen molar-refractivity contribution in [2.45, 2.75) is 31.1 Å². The Morgan fingerprint density at radius 3 is 2.39 bits per heavy atom. The van der Waals surface area contributed by atoms with E-state index in [2.05, 4.69) is 22.4 Å². The van der Waals surface area contributed by atoms with Crippen molar-refractivity contribution in [2.24, 2.45) is 10.7 Å². The quantitative estimate of drug-likeness (QED) is 0.559. The average molecular weight is 383 g/mol. The number of aliphatic imine (C=N–C) groups is 1. The van der Waals surface area contributed by atoms with Gasteiger partial charge in [0.05, 0.1) is 33.6 Å². The van der Waals surface area contributed by atoms with E-state index in [0.717, 1.165) is 30.0 Å². The molecule has 1 saturated carbocycles. The van der Waals surface area contributed by atoms with E-state index in [1.54, 1.807) is 21.3 Å². The fourth-order valence-electron chi connectivity index (χ4n) is 3.97. The molecule has 0 bridgehead atoms. The van der Waals surface area contributed by atoms with Crippen molar-refractivity contribution < 1.29 is 14.2 Å². The molecule has 0 heterocycles. The standard InChI is InChI=1S/C22H29N3O3/c1-26-16-10-11-20(28-3)18(14-16)25-21(23)24-15-22(12-6-7-13-22)17-8-4-5-9-19(17)27-2/h4-5,8-11,14H,6-7,12-13,15H2,1-3H3,(H3,23,24,25). The van der Waals surface area contributed by atoms with Crippen molar-refractivity contribution in [2.75, 3.05) is 33.2 Å². The first-order valence-electron chi connectivity index (χ1n) is 9.54. The number of guanidine groups is 1. The summed E-state index contributed by atoms with van der Waals surface area (Å²) in [4.78, 5) is 4.69. The second kappa shape index (κ2) is 8.87. The Kier molecular flexibility index (Phi) is 6.29. The lowest BCUT2D eigenvalue weighted by atomic mass is 9.78. The van der Waals surface area contributed by atoms with E-state index in [1.165, 1.54) is 18.4 Å². The maximum absolute atomic E-state index is 6.22. The molecular formula is C22H29N3O3. The summed E-state index contributed by atoms with van der Waals surface area (Å²) < 4.78 is 16.3. The highest BCUT2D eigenvalue weighted by Gasteiger charge is 2.37. The number of rotatable bonds is 7. The fraction of sp³-hybridized carbons (Fsp3) is 0.409. The molecule has 3 rings (SSSR count). The number of para-hydroxylation sites is 1. The third kappa shape index (κ3) is 4.16. The zero-order chi connectivity index (χ0) is 20.0. The van der Waals surface area contributed by atoms with Crippen molar-refractivity contribution >= 4 is 11.6 Å². The summed E-state index contributed by atoms with van der Waals surface area (Å²) in [7, 11) is 4.96. The van der Waals surface area contributed by atoms with Gasteiger partial charge in [0, 0.05) is 17.0 Å². The first-order chi connectivity index (χ1) is 13.6. The maximum atomic E-state index is 6.22. The van der Waals surface area contributed by atoms with Gasteiger partial charge in [-0.05, 0) is 31.0 Å². The van der Waals surface area contributed by atoms with Crippen LogP contribution in [0, 0.1) is 0 Å². The normalized spacial score (nSPS) is 15.9. The minimum absolute atomic E-state index is 0.0443. The highest BCUT2D eigenvalue weighted by Crippen LogP contribution is 2.45. The molecule has 6 heteroatoms. The average Bonchev–Trinajstić information content (AvgIpc) is 3.22. The third-order valence-electron chi connectivity index (χ3n) is 5.46. The van der Waals surface area contributed by atoms with Crippen LogP contribution < -0.4 is 25.3 Å². The Labute approximate surface area is 166 Å². The number of methoxy groups -OCH3 is 3. The van der Waals surface area contributed by atoms with Crippen LogP contribution in [-0.2, 0) is 5.41 Å². The molecule has 0 radical (unpaired) electrons. The van der Waals surface area contributed by atoms with Crippen molar-refractivity contribution in [3.05, 3.63) is 48.0 Å². The van der Waals surface area contributed by atoms with Gasteiger partial charge < -0.3 is 25.3 Å². The van der Waals surface area contributed by atoms with Gasteiger partial charge in [-0.25, -0.2) is 0 Å². The van der Waals surface area contributed by atoms with Gasteiger partial charge in [-0.1, -0.05) is 31.0 Å². The summed E-state index contributed by atoms with van der Waals surface area (Å²) in [5.41, 5.74) is 8.11. The third-order valence-corrected chi connectivity index (χ3v) is 5.46. The molecule has 0 aromatic heterocycles. The number of nitrogens with zero attached hydrogens (tertiary/aromatic N) is 1. The molecule has 6 nitrogen and oxygen atoms in total. The first-order valence-corrected chi connectivity index (χ1v) is 9.54. The van der Waals surface area contributed by atoms with Crippen LogP contribution in [0.15, 0.2) is 47.5 Å². The maximum Gasteiger partial charge on any atom is 0.193 e. The van der Waals surface area contributed by atoms with Crippen LogP contribution in [0.3, 0.4) is 0 Å². The lowest BCUT2D eigenvalue weighted by Crippen LogP contribution is -2.30. The zero-order valence-corrected chi connectivity index (χ0v) is 16.8. The minimum atomic E-state index is -0.0443. The van der Waals surface area contributed by atoms with Crippen LogP contribution in [0.5, 0.6) is 17.2 Å². The topological polar surface area (TPSA) is 78.1 Å². The van der Waals surface area contributed by atoms with Gasteiger partial charge in [-0.15, -0.1) is 0 Å². The molecule has 2 aromatic carbocycles. The Hall–Kier alpha value is -2.89. The van der Waals surface area contributed by atoms with Gasteiger partial charge in [0.25, 0.3) is 0 Å². The van der Waals surface area contributed by atoms with E-state index >= 15 is 0 Å². The monoisotopic (exact) mass is 383 g/mol. The smallest absolute Gasteiger partial charge is 0.193 e. The van der Waals surface area contributed by atoms with E-state index in [4.69, 9.17) is 19.9 Å². The molecule has 0 saturated heterocycles. The molecule has 1 aliphatic rings. The second-order valence-electron chi connectivity index (χ2n) is 7.08. The molecule has 0 atom stereocenters. The van der Waals surface area contributed by atoms with Crippen molar-refractivity contribution in [3.63, 3.8) is 0 Å². The molecule has 2 aromatic rings. The number of ether oxygens (including phenoxy) is 3. The van der Waals surface area contributed by atoms with E-state index < -0.39 is 0 Å². The van der Waals surface area contributed by atoms with Gasteiger partial charge in [-0.3, -0.25) is 4.99 Å². The number of hydrogen-bond donors (Lipinski definition) is 2. The number of hydrogen-bond acceptors (Lipinski definition) is 4. The fourth-order valence-corrected chi connectivity index (χ4v) is 3.97. The van der Waals surface area contributed by atoms with Gasteiger partial charge >= 0.3 is 0 Å². The molecule has 3 N–H and O–H groups in total. The minimum Gasteiger partial charge on any atom is -0.497 e. The van der Waals surface area contributed by atoms with Crippen LogP contribution in [0.25, 0.3) is 0 Å². The Bertz CT molecular complexity index is 830. The van der Waals surface area contributed by atoms with E-state index in [0.29, 0.717) is 18.3 Å². The van der Waals surface area contributed by atoms with Crippen LogP contribution in [0.4, 0.5) is 5.69 Å². The summed E-state index contributed by atoms with van der Waals surface area (Å²) in [5.74, 6) is 2.67. The Morgan fingerprint density at radius 2 is 1.71 bits per heavy atom. The van der Waals surface area contributed by atoms with Crippen LogP contribution in [0.2, 0.25) is 0 Å². The molecule has 1 fully saturated rings. The molecule has 150 valence electrons. The highest BCUT2D eigenvalue weighted by molar-refractivity contribution is 5.94. The highest BCUT2D eigenvalue weighted by atomic mass is 16.5. The summed E-state index contributed by atoms with van der Waals surface area (Å²) in [6.07, 6.45) is 4.52. The van der Waals surface area contributed by atoms with Crippen LogP contribution in [-0.4, -0.2) is 33.8 Å². The number of benzene rings is 2. The van der Waals surface area contributed by atoms with Gasteiger partial charge in [0.2, 0.25) is 0 Å². The van der Waals surface area contributed by atoms with Gasteiger partial charge in [0.15, 0.2) is 5.96 Å². The van der Waals surface area contributed by atoms with E-state index in [-0.39, 0.29) is 5.41 Å². The van der Waals surface area contributed by atoms with Crippen molar-refractivity contribution in [1.82, 2.24) is 0 Å².